The van der Waals surface area contributed by atoms with E-state index >= 15 is 0 Å². The zero-order chi connectivity index (χ0) is 20.1. The largest absolute Gasteiger partial charge is 0.392 e. The van der Waals surface area contributed by atoms with Gasteiger partial charge in [-0.1, -0.05) is 12.1 Å². The average molecular weight is 393 g/mol. The fourth-order valence-corrected chi connectivity index (χ4v) is 3.51. The smallest absolute Gasteiger partial charge is 0.229 e. The lowest BCUT2D eigenvalue weighted by molar-refractivity contribution is 0.175. The minimum absolute atomic E-state index is 0.198. The van der Waals surface area contributed by atoms with Gasteiger partial charge in [0.1, 0.15) is 5.82 Å². The SMILES string of the molecule is Cc1cnc(Nc2cccc(CN3CC[C@@H](O)C3)c2)nc1NCCc1cnc[nH]1. The summed E-state index contributed by atoms with van der Waals surface area (Å²) in [7, 11) is 0. The van der Waals surface area contributed by atoms with Crippen LogP contribution < -0.4 is 10.6 Å². The highest BCUT2D eigenvalue weighted by molar-refractivity contribution is 5.57. The van der Waals surface area contributed by atoms with Gasteiger partial charge < -0.3 is 20.7 Å². The Morgan fingerprint density at radius 3 is 3.03 bits per heavy atom. The summed E-state index contributed by atoms with van der Waals surface area (Å²) in [6.07, 6.45) is 6.84. The number of aromatic amines is 1. The number of hydrogen-bond donors (Lipinski definition) is 4. The number of aryl methyl sites for hydroxylation is 1. The summed E-state index contributed by atoms with van der Waals surface area (Å²) in [5, 5.41) is 16.4. The molecule has 4 N–H and O–H groups in total. The third-order valence-electron chi connectivity index (χ3n) is 5.05. The highest BCUT2D eigenvalue weighted by Gasteiger charge is 2.19. The Labute approximate surface area is 170 Å². The van der Waals surface area contributed by atoms with Gasteiger partial charge >= 0.3 is 0 Å². The molecular weight excluding hydrogens is 366 g/mol. The Hall–Kier alpha value is -2.97. The van der Waals surface area contributed by atoms with E-state index in [1.165, 1.54) is 5.56 Å². The molecule has 29 heavy (non-hydrogen) atoms. The van der Waals surface area contributed by atoms with Gasteiger partial charge in [-0.05, 0) is 31.0 Å². The molecule has 1 aliphatic heterocycles. The number of aliphatic hydroxyl groups is 1. The van der Waals surface area contributed by atoms with Crippen molar-refractivity contribution in [3.63, 3.8) is 0 Å². The topological polar surface area (TPSA) is 102 Å². The molecule has 4 rings (SSSR count). The Bertz CT molecular complexity index is 929. The zero-order valence-electron chi connectivity index (χ0n) is 16.6. The molecule has 0 radical (unpaired) electrons. The molecule has 1 saturated heterocycles. The summed E-state index contributed by atoms with van der Waals surface area (Å²) in [6.45, 7) is 5.27. The van der Waals surface area contributed by atoms with Crippen LogP contribution in [0.1, 0.15) is 23.2 Å². The number of β-amino-alcohol motifs (C(OH)–C–C–N with tert-alkyl or cyclic N) is 1. The van der Waals surface area contributed by atoms with Gasteiger partial charge in [0, 0.05) is 61.9 Å². The van der Waals surface area contributed by atoms with Crippen LogP contribution >= 0.6 is 0 Å². The summed E-state index contributed by atoms with van der Waals surface area (Å²) >= 11 is 0. The number of H-pyrrole nitrogens is 1. The molecule has 0 aliphatic carbocycles. The zero-order valence-corrected chi connectivity index (χ0v) is 16.6. The quantitative estimate of drug-likeness (QED) is 0.466. The highest BCUT2D eigenvalue weighted by Crippen LogP contribution is 2.20. The molecule has 3 aromatic rings. The van der Waals surface area contributed by atoms with Crippen molar-refractivity contribution in [2.75, 3.05) is 30.3 Å². The number of anilines is 3. The van der Waals surface area contributed by atoms with E-state index in [9.17, 15) is 5.11 Å². The van der Waals surface area contributed by atoms with Crippen LogP contribution in [0.5, 0.6) is 0 Å². The van der Waals surface area contributed by atoms with Gasteiger partial charge in [-0.15, -0.1) is 0 Å². The predicted octanol–water partition coefficient (Wildman–Crippen LogP) is 2.47. The normalized spacial score (nSPS) is 16.8. The average Bonchev–Trinajstić information content (AvgIpc) is 3.36. The van der Waals surface area contributed by atoms with Crippen LogP contribution in [0.3, 0.4) is 0 Å². The van der Waals surface area contributed by atoms with Gasteiger partial charge in [0.15, 0.2) is 0 Å². The first-order valence-electron chi connectivity index (χ1n) is 9.97. The van der Waals surface area contributed by atoms with Crippen molar-refractivity contribution < 1.29 is 5.11 Å². The molecule has 0 amide bonds. The first-order valence-corrected chi connectivity index (χ1v) is 9.97. The molecule has 0 unspecified atom stereocenters. The maximum absolute atomic E-state index is 9.71. The number of hydrogen-bond acceptors (Lipinski definition) is 7. The number of benzene rings is 1. The van der Waals surface area contributed by atoms with Gasteiger partial charge in [-0.25, -0.2) is 9.97 Å². The predicted molar refractivity (Wildman–Crippen MR) is 113 cm³/mol. The molecule has 1 fully saturated rings. The van der Waals surface area contributed by atoms with E-state index in [0.717, 1.165) is 61.8 Å². The third kappa shape index (κ3) is 5.30. The summed E-state index contributed by atoms with van der Waals surface area (Å²) in [5.74, 6) is 1.39. The highest BCUT2D eigenvalue weighted by atomic mass is 16.3. The van der Waals surface area contributed by atoms with Gasteiger partial charge in [0.05, 0.1) is 12.4 Å². The van der Waals surface area contributed by atoms with Crippen LogP contribution in [0.15, 0.2) is 43.0 Å². The van der Waals surface area contributed by atoms with Crippen molar-refractivity contribution >= 4 is 17.5 Å². The van der Waals surface area contributed by atoms with Crippen LogP contribution in [0, 0.1) is 6.92 Å². The van der Waals surface area contributed by atoms with Crippen molar-refractivity contribution in [3.8, 4) is 0 Å². The van der Waals surface area contributed by atoms with Crippen molar-refractivity contribution in [2.45, 2.75) is 32.4 Å². The van der Waals surface area contributed by atoms with Gasteiger partial charge in [-0.2, -0.15) is 4.98 Å². The lowest BCUT2D eigenvalue weighted by Gasteiger charge is -2.16. The monoisotopic (exact) mass is 393 g/mol. The van der Waals surface area contributed by atoms with Crippen molar-refractivity contribution in [2.24, 2.45) is 0 Å². The molecule has 0 saturated carbocycles. The van der Waals surface area contributed by atoms with E-state index in [-0.39, 0.29) is 6.10 Å². The van der Waals surface area contributed by atoms with E-state index < -0.39 is 0 Å². The first-order chi connectivity index (χ1) is 14.2. The minimum atomic E-state index is -0.198. The Balaban J connectivity index is 1.38. The molecule has 8 heteroatoms. The number of nitrogens with zero attached hydrogens (tertiary/aromatic N) is 4. The van der Waals surface area contributed by atoms with Crippen LogP contribution in [-0.4, -0.2) is 55.7 Å². The molecule has 2 aromatic heterocycles. The van der Waals surface area contributed by atoms with Crippen LogP contribution in [0.4, 0.5) is 17.5 Å². The molecule has 3 heterocycles. The van der Waals surface area contributed by atoms with E-state index in [1.807, 2.05) is 31.5 Å². The fraction of sp³-hybridized carbons (Fsp3) is 0.381. The Morgan fingerprint density at radius 1 is 1.31 bits per heavy atom. The van der Waals surface area contributed by atoms with Crippen LogP contribution in [-0.2, 0) is 13.0 Å². The summed E-state index contributed by atoms with van der Waals surface area (Å²) in [4.78, 5) is 18.4. The van der Waals surface area contributed by atoms with Crippen molar-refractivity contribution in [3.05, 3.63) is 59.8 Å². The minimum Gasteiger partial charge on any atom is -0.392 e. The second-order valence-corrected chi connectivity index (χ2v) is 7.48. The maximum Gasteiger partial charge on any atom is 0.229 e. The molecule has 152 valence electrons. The standard InChI is InChI=1S/C21H27N7O/c1-15-10-24-21(27-20(15)23-7-5-18-11-22-14-25-18)26-17-4-2-3-16(9-17)12-28-8-6-19(29)13-28/h2-4,9-11,14,19,29H,5-8,12-13H2,1H3,(H,22,25)(H2,23,24,26,27)/t19-/m1/s1. The maximum atomic E-state index is 9.71. The number of imidazole rings is 1. The van der Waals surface area contributed by atoms with Crippen molar-refractivity contribution in [1.29, 1.82) is 0 Å². The van der Waals surface area contributed by atoms with Crippen LogP contribution in [0.2, 0.25) is 0 Å². The first kappa shape index (κ1) is 19.4. The lowest BCUT2D eigenvalue weighted by atomic mass is 10.2. The van der Waals surface area contributed by atoms with Crippen LogP contribution in [0.25, 0.3) is 0 Å². The molecule has 1 aliphatic rings. The molecular formula is C21H27N7O. The number of nitrogens with one attached hydrogen (secondary N) is 3. The summed E-state index contributed by atoms with van der Waals surface area (Å²) < 4.78 is 0. The van der Waals surface area contributed by atoms with Gasteiger partial charge in [0.25, 0.3) is 0 Å². The van der Waals surface area contributed by atoms with Gasteiger partial charge in [-0.3, -0.25) is 4.90 Å². The number of rotatable bonds is 8. The fourth-order valence-electron chi connectivity index (χ4n) is 3.51. The second kappa shape index (κ2) is 9.02. The van der Waals surface area contributed by atoms with E-state index in [2.05, 4.69) is 47.6 Å². The van der Waals surface area contributed by atoms with E-state index in [4.69, 9.17) is 0 Å². The number of likely N-dealkylation sites (tertiary alicyclic amines) is 1. The summed E-state index contributed by atoms with van der Waals surface area (Å²) in [5.41, 5.74) is 4.25. The Morgan fingerprint density at radius 2 is 2.24 bits per heavy atom. The number of aromatic nitrogens is 4. The number of aliphatic hydroxyl groups excluding tert-OH is 1. The Kier molecular flexibility index (Phi) is 6.02. The lowest BCUT2D eigenvalue weighted by Crippen LogP contribution is -2.21. The van der Waals surface area contributed by atoms with E-state index in [0.29, 0.717) is 5.95 Å². The molecule has 1 aromatic carbocycles. The van der Waals surface area contributed by atoms with Gasteiger partial charge in [0.2, 0.25) is 5.95 Å². The molecule has 8 nitrogen and oxygen atoms in total. The van der Waals surface area contributed by atoms with Crippen molar-refractivity contribution in [1.82, 2.24) is 24.8 Å². The molecule has 0 bridgehead atoms. The molecule has 1 atom stereocenters. The van der Waals surface area contributed by atoms with E-state index in [1.54, 1.807) is 6.33 Å². The summed E-state index contributed by atoms with van der Waals surface area (Å²) in [6, 6.07) is 8.26. The second-order valence-electron chi connectivity index (χ2n) is 7.48. The third-order valence-corrected chi connectivity index (χ3v) is 5.05. The molecule has 0 spiro atoms.